The third kappa shape index (κ3) is 3.15. The Morgan fingerprint density at radius 3 is 2.64 bits per heavy atom. The highest BCUT2D eigenvalue weighted by molar-refractivity contribution is 5.25. The fraction of sp³-hybridized carbons (Fsp3) is 0.538. The molecule has 78 valence electrons. The topological polar surface area (TPSA) is 20.2 Å². The Morgan fingerprint density at radius 1 is 1.21 bits per heavy atom. The number of aryl methyl sites for hydroxylation is 1. The molecular weight excluding hydrogens is 172 g/mol. The van der Waals surface area contributed by atoms with E-state index < -0.39 is 0 Å². The fourth-order valence-corrected chi connectivity index (χ4v) is 1.68. The lowest BCUT2D eigenvalue weighted by molar-refractivity contribution is 0.166. The normalized spacial score (nSPS) is 12.8. The first-order valence-electron chi connectivity index (χ1n) is 5.54. The molecule has 0 saturated carbocycles. The highest BCUT2D eigenvalue weighted by Crippen LogP contribution is 2.19. The zero-order chi connectivity index (χ0) is 10.4. The Balaban J connectivity index is 2.71. The van der Waals surface area contributed by atoms with Crippen molar-refractivity contribution >= 4 is 0 Å². The molecule has 0 saturated heterocycles. The molecule has 0 aliphatic carbocycles. The van der Waals surface area contributed by atoms with Gasteiger partial charge in [0.15, 0.2) is 0 Å². The van der Waals surface area contributed by atoms with E-state index in [2.05, 4.69) is 26.0 Å². The van der Waals surface area contributed by atoms with Crippen molar-refractivity contribution in [1.82, 2.24) is 0 Å². The maximum Gasteiger partial charge on any atom is 0.0790 e. The second-order valence-corrected chi connectivity index (χ2v) is 3.80. The third-order valence-corrected chi connectivity index (χ3v) is 2.44. The zero-order valence-corrected chi connectivity index (χ0v) is 9.16. The van der Waals surface area contributed by atoms with Crippen molar-refractivity contribution in [1.29, 1.82) is 0 Å². The molecule has 1 rings (SSSR count). The lowest BCUT2D eigenvalue weighted by atomic mass is 10.0. The van der Waals surface area contributed by atoms with Crippen molar-refractivity contribution in [2.75, 3.05) is 0 Å². The van der Waals surface area contributed by atoms with Gasteiger partial charge in [-0.2, -0.15) is 0 Å². The largest absolute Gasteiger partial charge is 0.388 e. The van der Waals surface area contributed by atoms with Crippen molar-refractivity contribution in [3.8, 4) is 0 Å². The summed E-state index contributed by atoms with van der Waals surface area (Å²) in [5, 5.41) is 9.81. The highest BCUT2D eigenvalue weighted by atomic mass is 16.3. The van der Waals surface area contributed by atoms with Gasteiger partial charge < -0.3 is 5.11 Å². The molecule has 0 fully saturated rings. The second-order valence-electron chi connectivity index (χ2n) is 3.80. The monoisotopic (exact) mass is 192 g/mol. The van der Waals surface area contributed by atoms with Gasteiger partial charge in [0.2, 0.25) is 0 Å². The molecule has 1 nitrogen and oxygen atoms in total. The van der Waals surface area contributed by atoms with Crippen LogP contribution in [-0.2, 0) is 6.42 Å². The van der Waals surface area contributed by atoms with Gasteiger partial charge in [-0.1, -0.05) is 51.0 Å². The minimum atomic E-state index is -0.281. The van der Waals surface area contributed by atoms with Gasteiger partial charge in [0.1, 0.15) is 0 Å². The summed E-state index contributed by atoms with van der Waals surface area (Å²) in [5.41, 5.74) is 2.40. The van der Waals surface area contributed by atoms with Crippen LogP contribution >= 0.6 is 0 Å². The van der Waals surface area contributed by atoms with Gasteiger partial charge in [0.25, 0.3) is 0 Å². The molecule has 0 aliphatic rings. The van der Waals surface area contributed by atoms with E-state index in [1.807, 2.05) is 12.1 Å². The lowest BCUT2D eigenvalue weighted by Crippen LogP contribution is -1.97. The van der Waals surface area contributed by atoms with Gasteiger partial charge in [0, 0.05) is 0 Å². The van der Waals surface area contributed by atoms with E-state index in [1.54, 1.807) is 0 Å². The van der Waals surface area contributed by atoms with E-state index in [9.17, 15) is 5.11 Å². The number of hydrogen-bond acceptors (Lipinski definition) is 1. The number of benzene rings is 1. The first kappa shape index (κ1) is 11.3. The van der Waals surface area contributed by atoms with Crippen LogP contribution in [0.2, 0.25) is 0 Å². The van der Waals surface area contributed by atoms with Crippen LogP contribution in [0.15, 0.2) is 24.3 Å². The summed E-state index contributed by atoms with van der Waals surface area (Å²) >= 11 is 0. The zero-order valence-electron chi connectivity index (χ0n) is 9.16. The summed E-state index contributed by atoms with van der Waals surface area (Å²) in [4.78, 5) is 0. The minimum Gasteiger partial charge on any atom is -0.388 e. The maximum atomic E-state index is 9.81. The van der Waals surface area contributed by atoms with Crippen LogP contribution in [0.4, 0.5) is 0 Å². The van der Waals surface area contributed by atoms with Gasteiger partial charge >= 0.3 is 0 Å². The molecule has 14 heavy (non-hydrogen) atoms. The Hall–Kier alpha value is -0.820. The molecule has 0 radical (unpaired) electrons. The fourth-order valence-electron chi connectivity index (χ4n) is 1.68. The summed E-state index contributed by atoms with van der Waals surface area (Å²) in [6, 6.07) is 8.31. The average molecular weight is 192 g/mol. The van der Waals surface area contributed by atoms with E-state index in [4.69, 9.17) is 0 Å². The van der Waals surface area contributed by atoms with Crippen LogP contribution in [0.5, 0.6) is 0 Å². The third-order valence-electron chi connectivity index (χ3n) is 2.44. The maximum absolute atomic E-state index is 9.81. The molecule has 1 aromatic carbocycles. The molecule has 1 atom stereocenters. The number of aliphatic hydroxyl groups excluding tert-OH is 1. The molecule has 1 unspecified atom stereocenters. The van der Waals surface area contributed by atoms with Crippen molar-refractivity contribution < 1.29 is 5.11 Å². The van der Waals surface area contributed by atoms with Crippen LogP contribution < -0.4 is 0 Å². The predicted molar refractivity (Wildman–Crippen MR) is 60.3 cm³/mol. The van der Waals surface area contributed by atoms with Crippen molar-refractivity contribution in [2.45, 2.75) is 45.6 Å². The first-order chi connectivity index (χ1) is 6.77. The van der Waals surface area contributed by atoms with Crippen LogP contribution in [0.25, 0.3) is 0 Å². The number of rotatable bonds is 5. The minimum absolute atomic E-state index is 0.281. The summed E-state index contributed by atoms with van der Waals surface area (Å²) < 4.78 is 0. The average Bonchev–Trinajstić information content (AvgIpc) is 2.19. The summed E-state index contributed by atoms with van der Waals surface area (Å²) in [6.07, 6.45) is 3.87. The van der Waals surface area contributed by atoms with Gasteiger partial charge in [-0.3, -0.25) is 0 Å². The van der Waals surface area contributed by atoms with Crippen LogP contribution in [0, 0.1) is 0 Å². The van der Waals surface area contributed by atoms with Crippen molar-refractivity contribution in [3.63, 3.8) is 0 Å². The Labute approximate surface area is 86.8 Å². The molecule has 0 heterocycles. The Kier molecular flexibility index (Phi) is 4.68. The highest BCUT2D eigenvalue weighted by Gasteiger charge is 2.05. The van der Waals surface area contributed by atoms with Gasteiger partial charge in [0.05, 0.1) is 6.10 Å². The lowest BCUT2D eigenvalue weighted by Gasteiger charge is -2.10. The van der Waals surface area contributed by atoms with Crippen molar-refractivity contribution in [3.05, 3.63) is 35.4 Å². The molecule has 1 aromatic rings. The van der Waals surface area contributed by atoms with Crippen LogP contribution in [-0.4, -0.2) is 5.11 Å². The molecular formula is C13H20O. The van der Waals surface area contributed by atoms with Gasteiger partial charge in [-0.15, -0.1) is 0 Å². The molecule has 0 bridgehead atoms. The molecule has 1 N–H and O–H groups in total. The molecule has 0 aliphatic heterocycles. The quantitative estimate of drug-likeness (QED) is 0.757. The van der Waals surface area contributed by atoms with E-state index in [1.165, 1.54) is 5.56 Å². The van der Waals surface area contributed by atoms with E-state index in [0.717, 1.165) is 31.2 Å². The number of aliphatic hydroxyl groups is 1. The predicted octanol–water partition coefficient (Wildman–Crippen LogP) is 3.47. The smallest absolute Gasteiger partial charge is 0.0790 e. The number of hydrogen-bond donors (Lipinski definition) is 1. The summed E-state index contributed by atoms with van der Waals surface area (Å²) in [6.45, 7) is 4.27. The molecule has 1 heteroatoms. The molecule has 0 spiro atoms. The summed E-state index contributed by atoms with van der Waals surface area (Å²) in [7, 11) is 0. The molecule has 0 aromatic heterocycles. The standard InChI is InChI=1S/C13H20O/c1-3-6-11-8-5-9-12(10-11)13(14)7-4-2/h5,8-10,13-14H,3-4,6-7H2,1-2H3. The van der Waals surface area contributed by atoms with E-state index >= 15 is 0 Å². The van der Waals surface area contributed by atoms with E-state index in [-0.39, 0.29) is 6.10 Å². The Morgan fingerprint density at radius 2 is 2.00 bits per heavy atom. The van der Waals surface area contributed by atoms with Gasteiger partial charge in [-0.05, 0) is 24.0 Å². The first-order valence-corrected chi connectivity index (χ1v) is 5.54. The van der Waals surface area contributed by atoms with Crippen LogP contribution in [0.1, 0.15) is 50.3 Å². The summed E-state index contributed by atoms with van der Waals surface area (Å²) in [5.74, 6) is 0. The molecule has 0 amide bonds. The SMILES string of the molecule is CCCc1cccc(C(O)CCC)c1. The van der Waals surface area contributed by atoms with Gasteiger partial charge in [-0.25, -0.2) is 0 Å². The second kappa shape index (κ2) is 5.82. The Bertz CT molecular complexity index is 268. The van der Waals surface area contributed by atoms with Crippen LogP contribution in [0.3, 0.4) is 0 Å². The van der Waals surface area contributed by atoms with E-state index in [0.29, 0.717) is 0 Å². The van der Waals surface area contributed by atoms with Crippen molar-refractivity contribution in [2.24, 2.45) is 0 Å².